The van der Waals surface area contributed by atoms with Gasteiger partial charge in [-0.2, -0.15) is 0 Å². The highest BCUT2D eigenvalue weighted by atomic mass is 16.5. The quantitative estimate of drug-likeness (QED) is 0.738. The molecular formula is C16H33NO. The lowest BCUT2D eigenvalue weighted by atomic mass is 9.78. The fourth-order valence-electron chi connectivity index (χ4n) is 3.20. The molecule has 0 aromatic rings. The maximum atomic E-state index is 6.48. The maximum absolute atomic E-state index is 6.48. The molecule has 0 aromatic heterocycles. The van der Waals surface area contributed by atoms with Gasteiger partial charge in [-0.15, -0.1) is 0 Å². The Balaban J connectivity index is 2.60. The van der Waals surface area contributed by atoms with E-state index >= 15 is 0 Å². The summed E-state index contributed by atoms with van der Waals surface area (Å²) in [5, 5.41) is 3.60. The van der Waals surface area contributed by atoms with Crippen molar-refractivity contribution in [3.63, 3.8) is 0 Å². The van der Waals surface area contributed by atoms with Crippen LogP contribution in [0.3, 0.4) is 0 Å². The molecule has 0 aliphatic heterocycles. The molecule has 0 radical (unpaired) electrons. The zero-order valence-electron chi connectivity index (χ0n) is 13.1. The summed E-state index contributed by atoms with van der Waals surface area (Å²) >= 11 is 0. The monoisotopic (exact) mass is 255 g/mol. The summed E-state index contributed by atoms with van der Waals surface area (Å²) in [5.74, 6) is 0.807. The number of nitrogens with one attached hydrogen (secondary N) is 1. The van der Waals surface area contributed by atoms with Gasteiger partial charge >= 0.3 is 0 Å². The van der Waals surface area contributed by atoms with E-state index in [1.54, 1.807) is 0 Å². The fourth-order valence-corrected chi connectivity index (χ4v) is 3.20. The minimum absolute atomic E-state index is 0.0938. The molecule has 2 nitrogen and oxygen atoms in total. The minimum Gasteiger partial charge on any atom is -0.371 e. The van der Waals surface area contributed by atoms with Crippen LogP contribution < -0.4 is 5.32 Å². The van der Waals surface area contributed by atoms with E-state index in [0.29, 0.717) is 12.1 Å². The molecule has 0 bridgehead atoms. The van der Waals surface area contributed by atoms with Gasteiger partial charge in [0.1, 0.15) is 0 Å². The van der Waals surface area contributed by atoms with Crippen LogP contribution in [0.4, 0.5) is 0 Å². The van der Waals surface area contributed by atoms with Crippen molar-refractivity contribution in [1.29, 1.82) is 0 Å². The van der Waals surface area contributed by atoms with Crippen LogP contribution in [0.1, 0.15) is 73.1 Å². The molecule has 2 heteroatoms. The molecule has 0 spiro atoms. The second-order valence-electron chi connectivity index (χ2n) is 6.64. The second kappa shape index (κ2) is 7.49. The van der Waals surface area contributed by atoms with Crippen LogP contribution in [0.5, 0.6) is 0 Å². The predicted molar refractivity (Wildman–Crippen MR) is 79.0 cm³/mol. The Morgan fingerprint density at radius 1 is 1.33 bits per heavy atom. The van der Waals surface area contributed by atoms with Crippen LogP contribution in [0, 0.1) is 5.92 Å². The van der Waals surface area contributed by atoms with E-state index in [-0.39, 0.29) is 5.60 Å². The van der Waals surface area contributed by atoms with Crippen molar-refractivity contribution in [2.75, 3.05) is 6.54 Å². The predicted octanol–water partition coefficient (Wildman–Crippen LogP) is 4.14. The van der Waals surface area contributed by atoms with Crippen molar-refractivity contribution < 1.29 is 4.74 Å². The van der Waals surface area contributed by atoms with Gasteiger partial charge in [0, 0.05) is 12.6 Å². The van der Waals surface area contributed by atoms with Gasteiger partial charge in [-0.25, -0.2) is 0 Å². The molecule has 0 amide bonds. The zero-order chi connectivity index (χ0) is 13.6. The normalized spacial score (nSPS) is 30.7. The second-order valence-corrected chi connectivity index (χ2v) is 6.64. The van der Waals surface area contributed by atoms with Crippen molar-refractivity contribution in [3.8, 4) is 0 Å². The van der Waals surface area contributed by atoms with Gasteiger partial charge in [-0.1, -0.05) is 47.0 Å². The molecule has 3 unspecified atom stereocenters. The van der Waals surface area contributed by atoms with E-state index < -0.39 is 0 Å². The number of ether oxygens (including phenoxy) is 1. The SMILES string of the molecule is CCCC(C)OC1(CNC(C)C)CCCC(C)C1. The Morgan fingerprint density at radius 3 is 2.61 bits per heavy atom. The van der Waals surface area contributed by atoms with Crippen LogP contribution in [-0.4, -0.2) is 24.3 Å². The summed E-state index contributed by atoms with van der Waals surface area (Å²) in [6.07, 6.45) is 7.93. The number of hydrogen-bond acceptors (Lipinski definition) is 2. The first-order valence-electron chi connectivity index (χ1n) is 7.88. The smallest absolute Gasteiger partial charge is 0.0812 e. The summed E-state index contributed by atoms with van der Waals surface area (Å²) < 4.78 is 6.48. The van der Waals surface area contributed by atoms with Gasteiger partial charge < -0.3 is 10.1 Å². The molecule has 1 aliphatic rings. The standard InChI is InChI=1S/C16H33NO/c1-6-8-15(5)18-16(12-17-13(2)3)10-7-9-14(4)11-16/h13-15,17H,6-12H2,1-5H3. The van der Waals surface area contributed by atoms with E-state index in [1.165, 1.54) is 38.5 Å². The van der Waals surface area contributed by atoms with Gasteiger partial charge in [0.15, 0.2) is 0 Å². The first kappa shape index (κ1) is 16.0. The molecular weight excluding hydrogens is 222 g/mol. The van der Waals surface area contributed by atoms with Crippen molar-refractivity contribution in [2.24, 2.45) is 5.92 Å². The first-order valence-corrected chi connectivity index (χ1v) is 7.88. The van der Waals surface area contributed by atoms with E-state index in [4.69, 9.17) is 4.74 Å². The van der Waals surface area contributed by atoms with Crippen LogP contribution in [-0.2, 0) is 4.74 Å². The summed E-state index contributed by atoms with van der Waals surface area (Å²) in [5.41, 5.74) is 0.0938. The summed E-state index contributed by atoms with van der Waals surface area (Å²) in [6, 6.07) is 0.546. The summed E-state index contributed by atoms with van der Waals surface area (Å²) in [6.45, 7) is 12.3. The van der Waals surface area contributed by atoms with Crippen LogP contribution in [0.15, 0.2) is 0 Å². The molecule has 0 aromatic carbocycles. The van der Waals surface area contributed by atoms with E-state index in [0.717, 1.165) is 12.5 Å². The van der Waals surface area contributed by atoms with Crippen molar-refractivity contribution in [1.82, 2.24) is 5.32 Å². The lowest BCUT2D eigenvalue weighted by molar-refractivity contribution is -0.117. The molecule has 0 saturated heterocycles. The lowest BCUT2D eigenvalue weighted by Gasteiger charge is -2.42. The third-order valence-corrected chi connectivity index (χ3v) is 4.03. The molecule has 1 saturated carbocycles. The highest BCUT2D eigenvalue weighted by molar-refractivity contribution is 4.90. The Morgan fingerprint density at radius 2 is 2.06 bits per heavy atom. The molecule has 3 atom stereocenters. The maximum Gasteiger partial charge on any atom is 0.0812 e. The van der Waals surface area contributed by atoms with Gasteiger partial charge in [0.25, 0.3) is 0 Å². The average molecular weight is 255 g/mol. The van der Waals surface area contributed by atoms with E-state index in [2.05, 4.69) is 39.9 Å². The summed E-state index contributed by atoms with van der Waals surface area (Å²) in [4.78, 5) is 0. The first-order chi connectivity index (χ1) is 8.47. The largest absolute Gasteiger partial charge is 0.371 e. The minimum atomic E-state index is 0.0938. The highest BCUT2D eigenvalue weighted by Gasteiger charge is 2.36. The Labute approximate surface area is 114 Å². The Hall–Kier alpha value is -0.0800. The van der Waals surface area contributed by atoms with E-state index in [9.17, 15) is 0 Å². The van der Waals surface area contributed by atoms with Crippen LogP contribution in [0.25, 0.3) is 0 Å². The topological polar surface area (TPSA) is 21.3 Å². The van der Waals surface area contributed by atoms with Crippen LogP contribution in [0.2, 0.25) is 0 Å². The van der Waals surface area contributed by atoms with Crippen molar-refractivity contribution in [2.45, 2.75) is 90.9 Å². The van der Waals surface area contributed by atoms with Gasteiger partial charge in [0.2, 0.25) is 0 Å². The number of rotatable bonds is 7. The third kappa shape index (κ3) is 5.27. The average Bonchev–Trinajstić information content (AvgIpc) is 2.26. The van der Waals surface area contributed by atoms with Gasteiger partial charge in [-0.05, 0) is 32.1 Å². The lowest BCUT2D eigenvalue weighted by Crippen LogP contribution is -2.49. The molecule has 18 heavy (non-hydrogen) atoms. The molecule has 1 aliphatic carbocycles. The Bertz CT molecular complexity index is 229. The molecule has 0 heterocycles. The molecule has 1 fully saturated rings. The Kier molecular flexibility index (Phi) is 6.65. The van der Waals surface area contributed by atoms with Gasteiger partial charge in [0.05, 0.1) is 11.7 Å². The highest BCUT2D eigenvalue weighted by Crippen LogP contribution is 2.36. The summed E-state index contributed by atoms with van der Waals surface area (Å²) in [7, 11) is 0. The molecule has 108 valence electrons. The van der Waals surface area contributed by atoms with Crippen molar-refractivity contribution >= 4 is 0 Å². The third-order valence-electron chi connectivity index (χ3n) is 4.03. The van der Waals surface area contributed by atoms with Crippen molar-refractivity contribution in [3.05, 3.63) is 0 Å². The molecule has 1 N–H and O–H groups in total. The zero-order valence-corrected chi connectivity index (χ0v) is 13.1. The molecule has 1 rings (SSSR count). The van der Waals surface area contributed by atoms with Crippen LogP contribution >= 0.6 is 0 Å². The van der Waals surface area contributed by atoms with Gasteiger partial charge in [-0.3, -0.25) is 0 Å². The number of hydrogen-bond donors (Lipinski definition) is 1. The fraction of sp³-hybridized carbons (Fsp3) is 1.00. The van der Waals surface area contributed by atoms with E-state index in [1.807, 2.05) is 0 Å².